The predicted octanol–water partition coefficient (Wildman–Crippen LogP) is 3.19. The third-order valence-electron chi connectivity index (χ3n) is 3.68. The third kappa shape index (κ3) is 2.90. The normalized spacial score (nSPS) is 10.0. The molecule has 1 rings (SSSR count). The maximum Gasteiger partial charge on any atom is 0.0580 e. The van der Waals surface area contributed by atoms with Crippen molar-refractivity contribution in [1.82, 2.24) is 5.32 Å². The molecule has 0 fully saturated rings. The number of nitrogens with one attached hydrogen (secondary N) is 1. The van der Waals surface area contributed by atoms with Crippen LogP contribution in [0.3, 0.4) is 0 Å². The smallest absolute Gasteiger partial charge is 0.0580 e. The molecular formula is C16H23N. The molecule has 0 bridgehead atoms. The molecule has 1 aromatic rings. The highest BCUT2D eigenvalue weighted by Crippen LogP contribution is 2.25. The van der Waals surface area contributed by atoms with Gasteiger partial charge < -0.3 is 5.32 Å². The van der Waals surface area contributed by atoms with E-state index in [2.05, 4.69) is 58.7 Å². The van der Waals surface area contributed by atoms with Crippen molar-refractivity contribution in [3.05, 3.63) is 33.4 Å². The van der Waals surface area contributed by atoms with Gasteiger partial charge in [-0.25, -0.2) is 0 Å². The Hall–Kier alpha value is -1.26. The monoisotopic (exact) mass is 229 g/mol. The fourth-order valence-corrected chi connectivity index (χ4v) is 2.01. The molecule has 0 aliphatic carbocycles. The summed E-state index contributed by atoms with van der Waals surface area (Å²) >= 11 is 0. The minimum Gasteiger partial charge on any atom is -0.306 e. The Kier molecular flexibility index (Phi) is 4.78. The van der Waals surface area contributed by atoms with Crippen molar-refractivity contribution in [1.29, 1.82) is 0 Å². The van der Waals surface area contributed by atoms with E-state index in [1.807, 2.05) is 0 Å². The summed E-state index contributed by atoms with van der Waals surface area (Å²) in [5.74, 6) is 6.51. The molecule has 0 amide bonds. The fraction of sp³-hybridized carbons (Fsp3) is 0.500. The van der Waals surface area contributed by atoms with Crippen LogP contribution in [0.1, 0.15) is 40.3 Å². The van der Waals surface area contributed by atoms with Crippen LogP contribution in [0.2, 0.25) is 0 Å². The molecule has 0 aliphatic heterocycles. The molecule has 0 unspecified atom stereocenters. The summed E-state index contributed by atoms with van der Waals surface area (Å²) in [6.45, 7) is 14.7. The summed E-state index contributed by atoms with van der Waals surface area (Å²) in [7, 11) is 0. The van der Waals surface area contributed by atoms with Gasteiger partial charge in [-0.15, -0.1) is 0 Å². The van der Waals surface area contributed by atoms with Crippen LogP contribution in [0.25, 0.3) is 0 Å². The molecule has 17 heavy (non-hydrogen) atoms. The molecule has 0 aliphatic rings. The minimum absolute atomic E-state index is 0.765. The second-order valence-electron chi connectivity index (χ2n) is 4.58. The average molecular weight is 229 g/mol. The first-order valence-corrected chi connectivity index (χ1v) is 6.27. The lowest BCUT2D eigenvalue weighted by molar-refractivity contribution is 0.811. The van der Waals surface area contributed by atoms with E-state index in [4.69, 9.17) is 0 Å². The topological polar surface area (TPSA) is 12.0 Å². The van der Waals surface area contributed by atoms with Gasteiger partial charge in [-0.3, -0.25) is 0 Å². The average Bonchev–Trinajstić information content (AvgIpc) is 2.33. The zero-order chi connectivity index (χ0) is 13.0. The molecule has 0 aromatic heterocycles. The van der Waals surface area contributed by atoms with Crippen molar-refractivity contribution in [2.75, 3.05) is 13.1 Å². The molecular weight excluding hydrogens is 206 g/mol. The third-order valence-corrected chi connectivity index (χ3v) is 3.68. The first kappa shape index (κ1) is 13.8. The van der Waals surface area contributed by atoms with E-state index >= 15 is 0 Å². The molecule has 0 saturated carbocycles. The van der Waals surface area contributed by atoms with Gasteiger partial charge in [0.15, 0.2) is 0 Å². The van der Waals surface area contributed by atoms with Crippen LogP contribution < -0.4 is 5.32 Å². The molecule has 0 saturated heterocycles. The van der Waals surface area contributed by atoms with Crippen LogP contribution in [-0.4, -0.2) is 13.1 Å². The summed E-state index contributed by atoms with van der Waals surface area (Å²) in [6, 6.07) is 0. The molecule has 0 atom stereocenters. The highest BCUT2D eigenvalue weighted by atomic mass is 14.8. The van der Waals surface area contributed by atoms with Crippen molar-refractivity contribution in [3.8, 4) is 11.8 Å². The Labute approximate surface area is 106 Å². The summed E-state index contributed by atoms with van der Waals surface area (Å²) < 4.78 is 0. The summed E-state index contributed by atoms with van der Waals surface area (Å²) in [6.07, 6.45) is 0. The lowest BCUT2D eigenvalue weighted by Crippen LogP contribution is -2.12. The van der Waals surface area contributed by atoms with Crippen molar-refractivity contribution in [2.24, 2.45) is 0 Å². The van der Waals surface area contributed by atoms with Crippen molar-refractivity contribution in [2.45, 2.75) is 41.5 Å². The largest absolute Gasteiger partial charge is 0.306 e. The van der Waals surface area contributed by atoms with Crippen LogP contribution in [0.15, 0.2) is 0 Å². The van der Waals surface area contributed by atoms with E-state index in [-0.39, 0.29) is 0 Å². The number of hydrogen-bond donors (Lipinski definition) is 1. The van der Waals surface area contributed by atoms with Crippen LogP contribution in [0, 0.1) is 46.5 Å². The zero-order valence-electron chi connectivity index (χ0n) is 11.9. The minimum atomic E-state index is 0.765. The molecule has 1 aromatic carbocycles. The number of benzene rings is 1. The second-order valence-corrected chi connectivity index (χ2v) is 4.58. The highest BCUT2D eigenvalue weighted by molar-refractivity contribution is 5.56. The molecule has 92 valence electrons. The molecule has 1 N–H and O–H groups in total. The standard InChI is InChI=1S/C16H23N/c1-7-17-10-8-9-16-14(5)12(3)11(2)13(4)15(16)6/h17H,7,10H2,1-6H3. The zero-order valence-corrected chi connectivity index (χ0v) is 11.9. The van der Waals surface area contributed by atoms with Gasteiger partial charge in [0.1, 0.15) is 0 Å². The van der Waals surface area contributed by atoms with E-state index < -0.39 is 0 Å². The highest BCUT2D eigenvalue weighted by Gasteiger charge is 2.09. The molecule has 0 spiro atoms. The summed E-state index contributed by atoms with van der Waals surface area (Å²) in [5.41, 5.74) is 8.02. The number of rotatable bonds is 2. The van der Waals surface area contributed by atoms with Gasteiger partial charge in [-0.2, -0.15) is 0 Å². The van der Waals surface area contributed by atoms with E-state index in [0.29, 0.717) is 0 Å². The van der Waals surface area contributed by atoms with E-state index in [9.17, 15) is 0 Å². The van der Waals surface area contributed by atoms with Crippen LogP contribution in [0.5, 0.6) is 0 Å². The van der Waals surface area contributed by atoms with Crippen LogP contribution in [0.4, 0.5) is 0 Å². The molecule has 1 heteroatoms. The Morgan fingerprint density at radius 3 is 1.76 bits per heavy atom. The first-order chi connectivity index (χ1) is 8.00. The number of hydrogen-bond acceptors (Lipinski definition) is 1. The van der Waals surface area contributed by atoms with Gasteiger partial charge in [0.25, 0.3) is 0 Å². The van der Waals surface area contributed by atoms with E-state index in [1.165, 1.54) is 33.4 Å². The molecule has 0 radical (unpaired) electrons. The SMILES string of the molecule is CCNCC#Cc1c(C)c(C)c(C)c(C)c1C. The molecule has 0 heterocycles. The van der Waals surface area contributed by atoms with E-state index in [0.717, 1.165) is 13.1 Å². The van der Waals surface area contributed by atoms with Gasteiger partial charge >= 0.3 is 0 Å². The van der Waals surface area contributed by atoms with Crippen molar-refractivity contribution >= 4 is 0 Å². The molecule has 1 nitrogen and oxygen atoms in total. The van der Waals surface area contributed by atoms with Gasteiger partial charge in [0, 0.05) is 5.56 Å². The maximum atomic E-state index is 3.31. The summed E-state index contributed by atoms with van der Waals surface area (Å²) in [5, 5.41) is 3.22. The second kappa shape index (κ2) is 5.89. The van der Waals surface area contributed by atoms with Crippen LogP contribution >= 0.6 is 0 Å². The van der Waals surface area contributed by atoms with E-state index in [1.54, 1.807) is 0 Å². The van der Waals surface area contributed by atoms with Gasteiger partial charge in [-0.05, 0) is 69.0 Å². The Bertz CT molecular complexity index is 444. The maximum absolute atomic E-state index is 3.31. The van der Waals surface area contributed by atoms with Crippen molar-refractivity contribution in [3.63, 3.8) is 0 Å². The summed E-state index contributed by atoms with van der Waals surface area (Å²) in [4.78, 5) is 0. The van der Waals surface area contributed by atoms with Crippen LogP contribution in [-0.2, 0) is 0 Å². The first-order valence-electron chi connectivity index (χ1n) is 6.27. The quantitative estimate of drug-likeness (QED) is 0.606. The fourth-order valence-electron chi connectivity index (χ4n) is 2.01. The van der Waals surface area contributed by atoms with Gasteiger partial charge in [-0.1, -0.05) is 18.8 Å². The van der Waals surface area contributed by atoms with Crippen molar-refractivity contribution < 1.29 is 0 Å². The Morgan fingerprint density at radius 2 is 1.29 bits per heavy atom. The predicted molar refractivity (Wildman–Crippen MR) is 75.5 cm³/mol. The lowest BCUT2D eigenvalue weighted by Gasteiger charge is -2.15. The Morgan fingerprint density at radius 1 is 0.824 bits per heavy atom. The van der Waals surface area contributed by atoms with Gasteiger partial charge in [0.2, 0.25) is 0 Å². The van der Waals surface area contributed by atoms with Gasteiger partial charge in [0.05, 0.1) is 6.54 Å². The lowest BCUT2D eigenvalue weighted by atomic mass is 9.90. The Balaban J connectivity index is 3.19.